The van der Waals surface area contributed by atoms with Gasteiger partial charge in [-0.3, -0.25) is 4.79 Å². The van der Waals surface area contributed by atoms with Gasteiger partial charge in [-0.25, -0.2) is 0 Å². The van der Waals surface area contributed by atoms with Crippen molar-refractivity contribution >= 4 is 33.2 Å². The van der Waals surface area contributed by atoms with Gasteiger partial charge in [0.25, 0.3) is 5.91 Å². The van der Waals surface area contributed by atoms with Crippen LogP contribution in [0, 0.1) is 18.8 Å². The second-order valence-corrected chi connectivity index (χ2v) is 6.31. The summed E-state index contributed by atoms with van der Waals surface area (Å²) in [5, 5.41) is 13.6. The quantitative estimate of drug-likeness (QED) is 0.823. The van der Waals surface area contributed by atoms with E-state index in [1.54, 1.807) is 17.4 Å². The van der Waals surface area contributed by atoms with Gasteiger partial charge in [-0.2, -0.15) is 0 Å². The Morgan fingerprint density at radius 3 is 2.90 bits per heavy atom. The first-order valence-electron chi connectivity index (χ1n) is 6.31. The highest BCUT2D eigenvalue weighted by Crippen LogP contribution is 2.19. The first-order chi connectivity index (χ1) is 10.1. The van der Waals surface area contributed by atoms with Crippen LogP contribution in [0.4, 0.5) is 0 Å². The van der Waals surface area contributed by atoms with Gasteiger partial charge in [-0.05, 0) is 46.6 Å². The molecule has 2 rings (SSSR count). The van der Waals surface area contributed by atoms with E-state index in [9.17, 15) is 4.79 Å². The molecule has 0 aliphatic heterocycles. The number of carbonyl (C=O) groups excluding carboxylic acids is 1. The van der Waals surface area contributed by atoms with E-state index in [0.29, 0.717) is 12.1 Å². The minimum absolute atomic E-state index is 0.121. The molecule has 3 nitrogen and oxygen atoms in total. The van der Waals surface area contributed by atoms with Crippen LogP contribution in [0.3, 0.4) is 0 Å². The topological polar surface area (TPSA) is 49.3 Å². The van der Waals surface area contributed by atoms with Crippen molar-refractivity contribution in [3.63, 3.8) is 0 Å². The Morgan fingerprint density at radius 1 is 1.43 bits per heavy atom. The number of aliphatic hydroxyl groups is 1. The molecule has 1 amide bonds. The highest BCUT2D eigenvalue weighted by Gasteiger charge is 2.09. The number of thiophene rings is 1. The number of benzene rings is 1. The lowest BCUT2D eigenvalue weighted by Gasteiger charge is -2.07. The molecular weight excluding hydrogens is 350 g/mol. The number of halogens is 1. The Balaban J connectivity index is 2.10. The van der Waals surface area contributed by atoms with Gasteiger partial charge in [0.15, 0.2) is 0 Å². The van der Waals surface area contributed by atoms with Gasteiger partial charge in [0, 0.05) is 25.9 Å². The fourth-order valence-electron chi connectivity index (χ4n) is 1.80. The smallest absolute Gasteiger partial charge is 0.251 e. The van der Waals surface area contributed by atoms with E-state index in [0.717, 1.165) is 20.5 Å². The maximum atomic E-state index is 12.3. The van der Waals surface area contributed by atoms with Crippen LogP contribution >= 0.6 is 27.3 Å². The predicted octanol–water partition coefficient (Wildman–Crippen LogP) is 3.09. The average Bonchev–Trinajstić information content (AvgIpc) is 2.89. The maximum absolute atomic E-state index is 12.3. The molecule has 0 bridgehead atoms. The van der Waals surface area contributed by atoms with Crippen LogP contribution in [0.5, 0.6) is 0 Å². The maximum Gasteiger partial charge on any atom is 0.251 e. The standard InChI is InChI=1S/C16H14BrNO2S/c1-11-4-5-12(3-2-6-19)7-15(11)16(20)18-9-14-8-13(17)10-21-14/h4-5,7-8,10,19H,6,9H2,1H3,(H,18,20). The molecule has 2 N–H and O–H groups in total. The van der Waals surface area contributed by atoms with E-state index < -0.39 is 0 Å². The molecule has 5 heteroatoms. The third-order valence-electron chi connectivity index (χ3n) is 2.84. The number of carbonyl (C=O) groups is 1. The summed E-state index contributed by atoms with van der Waals surface area (Å²) >= 11 is 4.98. The van der Waals surface area contributed by atoms with Crippen LogP contribution in [0.2, 0.25) is 0 Å². The average molecular weight is 364 g/mol. The van der Waals surface area contributed by atoms with Crippen LogP contribution in [-0.2, 0) is 6.54 Å². The second-order valence-electron chi connectivity index (χ2n) is 4.40. The van der Waals surface area contributed by atoms with Gasteiger partial charge in [-0.15, -0.1) is 11.3 Å². The molecule has 0 fully saturated rings. The molecule has 0 radical (unpaired) electrons. The molecule has 0 saturated carbocycles. The zero-order chi connectivity index (χ0) is 15.2. The Kier molecular flexibility index (Phi) is 5.57. The van der Waals surface area contributed by atoms with Gasteiger partial charge >= 0.3 is 0 Å². The molecule has 21 heavy (non-hydrogen) atoms. The van der Waals surface area contributed by atoms with E-state index in [1.165, 1.54) is 0 Å². The summed E-state index contributed by atoms with van der Waals surface area (Å²) in [5.74, 6) is 5.27. The normalized spacial score (nSPS) is 9.86. The highest BCUT2D eigenvalue weighted by molar-refractivity contribution is 9.10. The zero-order valence-electron chi connectivity index (χ0n) is 11.4. The molecule has 0 spiro atoms. The van der Waals surface area contributed by atoms with Crippen molar-refractivity contribution in [3.05, 3.63) is 55.7 Å². The number of amides is 1. The number of rotatable bonds is 3. The van der Waals surface area contributed by atoms with Crippen LogP contribution in [0.25, 0.3) is 0 Å². The second kappa shape index (κ2) is 7.41. The summed E-state index contributed by atoms with van der Waals surface area (Å²) in [6.45, 7) is 2.20. The van der Waals surface area contributed by atoms with Crippen molar-refractivity contribution in [3.8, 4) is 11.8 Å². The molecule has 0 unspecified atom stereocenters. The number of aryl methyl sites for hydroxylation is 1. The van der Waals surface area contributed by atoms with Crippen LogP contribution < -0.4 is 5.32 Å². The van der Waals surface area contributed by atoms with Crippen LogP contribution in [0.1, 0.15) is 26.4 Å². The van der Waals surface area contributed by atoms with Gasteiger partial charge in [-0.1, -0.05) is 17.9 Å². The molecular formula is C16H14BrNO2S. The highest BCUT2D eigenvalue weighted by atomic mass is 79.9. The van der Waals surface area contributed by atoms with Gasteiger partial charge in [0.05, 0.1) is 6.54 Å². The van der Waals surface area contributed by atoms with Crippen molar-refractivity contribution in [1.82, 2.24) is 5.32 Å². The summed E-state index contributed by atoms with van der Waals surface area (Å²) in [6, 6.07) is 7.43. The predicted molar refractivity (Wildman–Crippen MR) is 88.3 cm³/mol. The minimum Gasteiger partial charge on any atom is -0.384 e. The monoisotopic (exact) mass is 363 g/mol. The largest absolute Gasteiger partial charge is 0.384 e. The van der Waals surface area contributed by atoms with Crippen molar-refractivity contribution in [2.24, 2.45) is 0 Å². The van der Waals surface area contributed by atoms with E-state index in [-0.39, 0.29) is 12.5 Å². The van der Waals surface area contributed by atoms with Crippen LogP contribution in [0.15, 0.2) is 34.1 Å². The third-order valence-corrected chi connectivity index (χ3v) is 4.54. The van der Waals surface area contributed by atoms with Gasteiger partial charge < -0.3 is 10.4 Å². The van der Waals surface area contributed by atoms with Crippen molar-refractivity contribution < 1.29 is 9.90 Å². The van der Waals surface area contributed by atoms with E-state index in [2.05, 4.69) is 33.1 Å². The zero-order valence-corrected chi connectivity index (χ0v) is 13.8. The summed E-state index contributed by atoms with van der Waals surface area (Å²) in [6.07, 6.45) is 0. The fraction of sp³-hybridized carbons (Fsp3) is 0.188. The SMILES string of the molecule is Cc1ccc(C#CCO)cc1C(=O)NCc1cc(Br)cs1. The minimum atomic E-state index is -0.192. The third kappa shape index (κ3) is 4.43. The Hall–Kier alpha value is -1.61. The Labute approximate surface area is 136 Å². The number of hydrogen-bond acceptors (Lipinski definition) is 3. The summed E-state index contributed by atoms with van der Waals surface area (Å²) in [4.78, 5) is 13.3. The molecule has 1 aromatic carbocycles. The number of nitrogens with one attached hydrogen (secondary N) is 1. The molecule has 0 aliphatic carbocycles. The van der Waals surface area contributed by atoms with Crippen molar-refractivity contribution in [2.45, 2.75) is 13.5 Å². The summed E-state index contributed by atoms with van der Waals surface area (Å²) < 4.78 is 1.02. The lowest BCUT2D eigenvalue weighted by atomic mass is 10.0. The lowest BCUT2D eigenvalue weighted by molar-refractivity contribution is 0.0950. The number of hydrogen-bond donors (Lipinski definition) is 2. The fourth-order valence-corrected chi connectivity index (χ4v) is 3.19. The van der Waals surface area contributed by atoms with E-state index in [4.69, 9.17) is 5.11 Å². The summed E-state index contributed by atoms with van der Waals surface area (Å²) in [5.41, 5.74) is 2.23. The molecule has 0 saturated heterocycles. The number of aliphatic hydroxyl groups excluding tert-OH is 1. The van der Waals surface area contributed by atoms with Crippen LogP contribution in [-0.4, -0.2) is 17.6 Å². The van der Waals surface area contributed by atoms with Gasteiger partial charge in [0.1, 0.15) is 6.61 Å². The molecule has 2 aromatic rings. The van der Waals surface area contributed by atoms with Crippen molar-refractivity contribution in [2.75, 3.05) is 6.61 Å². The molecule has 0 aliphatic rings. The molecule has 0 atom stereocenters. The lowest BCUT2D eigenvalue weighted by Crippen LogP contribution is -2.23. The van der Waals surface area contributed by atoms with E-state index >= 15 is 0 Å². The summed E-state index contributed by atoms with van der Waals surface area (Å²) in [7, 11) is 0. The van der Waals surface area contributed by atoms with Crippen molar-refractivity contribution in [1.29, 1.82) is 0 Å². The first-order valence-corrected chi connectivity index (χ1v) is 7.99. The Morgan fingerprint density at radius 2 is 2.24 bits per heavy atom. The first kappa shape index (κ1) is 15.8. The Bertz CT molecular complexity index is 713. The van der Waals surface area contributed by atoms with E-state index in [1.807, 2.05) is 30.5 Å². The molecule has 1 aromatic heterocycles. The molecule has 1 heterocycles. The van der Waals surface area contributed by atoms with Gasteiger partial charge in [0.2, 0.25) is 0 Å². The molecule has 108 valence electrons.